The molecule has 17 heavy (non-hydrogen) atoms. The van der Waals surface area contributed by atoms with Crippen molar-refractivity contribution < 1.29 is 97.6 Å². The summed E-state index contributed by atoms with van der Waals surface area (Å²) in [7, 11) is -10.6. The topological polar surface area (TPSA) is 224 Å². The van der Waals surface area contributed by atoms with Crippen molar-refractivity contribution in [2.45, 2.75) is 17.9 Å². The second-order valence-electron chi connectivity index (χ2n) is 2.75. The Kier molecular flexibility index (Phi) is 15.4. The summed E-state index contributed by atoms with van der Waals surface area (Å²) in [5, 5.41) is 5.91. The van der Waals surface area contributed by atoms with E-state index in [1.165, 1.54) is 0 Å². The van der Waals surface area contributed by atoms with Crippen molar-refractivity contribution >= 4 is 15.2 Å². The van der Waals surface area contributed by atoms with Gasteiger partial charge < -0.3 is 42.8 Å². The molecule has 10 nitrogen and oxygen atoms in total. The number of nitrogens with two attached hydrogens (primary N) is 1. The summed E-state index contributed by atoms with van der Waals surface area (Å²) >= 11 is 0. The second kappa shape index (κ2) is 9.64. The minimum absolute atomic E-state index is 0. The van der Waals surface area contributed by atoms with Gasteiger partial charge in [-0.25, -0.2) is 0 Å². The summed E-state index contributed by atoms with van der Waals surface area (Å²) < 4.78 is 21.4. The summed E-state index contributed by atoms with van der Waals surface area (Å²) in [6, 6.07) is 0. The molecule has 0 radical (unpaired) electrons. The Morgan fingerprint density at radius 3 is 1.53 bits per heavy atom. The largest absolute Gasteiger partial charge is 1.00 e. The first-order chi connectivity index (χ1) is 6.06. The Morgan fingerprint density at radius 1 is 1.06 bits per heavy atom. The fourth-order valence-electron chi connectivity index (χ4n) is 0.800. The third-order valence-electron chi connectivity index (χ3n) is 1.65. The number of hydrogen-bond donors (Lipinski definition) is 6. The molecular formula is C4H18KNO9P2. The van der Waals surface area contributed by atoms with E-state index in [0.29, 0.717) is 0 Å². The average molecular weight is 325 g/mol. The van der Waals surface area contributed by atoms with Gasteiger partial charge in [0.25, 0.3) is 5.08 Å². The van der Waals surface area contributed by atoms with Crippen molar-refractivity contribution in [2.24, 2.45) is 5.73 Å². The van der Waals surface area contributed by atoms with Crippen LogP contribution >= 0.6 is 15.2 Å². The molecule has 0 saturated heterocycles. The van der Waals surface area contributed by atoms with Gasteiger partial charge in [0, 0.05) is 6.42 Å². The maximum absolute atomic E-state index is 10.7. The first-order valence-corrected chi connectivity index (χ1v) is 6.82. The van der Waals surface area contributed by atoms with Crippen LogP contribution in [0.4, 0.5) is 0 Å². The van der Waals surface area contributed by atoms with E-state index in [1.807, 2.05) is 0 Å². The Morgan fingerprint density at radius 2 is 1.35 bits per heavy atom. The van der Waals surface area contributed by atoms with Gasteiger partial charge in [0.2, 0.25) is 0 Å². The molecule has 0 aliphatic heterocycles. The molecule has 0 unspecified atom stereocenters. The van der Waals surface area contributed by atoms with Gasteiger partial charge in [-0.2, -0.15) is 0 Å². The van der Waals surface area contributed by atoms with Crippen LogP contribution < -0.4 is 57.1 Å². The molecule has 0 aromatic heterocycles. The van der Waals surface area contributed by atoms with Crippen molar-refractivity contribution in [2.75, 3.05) is 6.54 Å². The predicted molar refractivity (Wildman–Crippen MR) is 55.7 cm³/mol. The third kappa shape index (κ3) is 7.21. The Bertz CT molecular complexity index is 270. The molecule has 0 aliphatic carbocycles. The van der Waals surface area contributed by atoms with Crippen molar-refractivity contribution in [1.29, 1.82) is 0 Å². The van der Waals surface area contributed by atoms with E-state index in [2.05, 4.69) is 0 Å². The van der Waals surface area contributed by atoms with Crippen LogP contribution in [0.15, 0.2) is 0 Å². The van der Waals surface area contributed by atoms with Crippen molar-refractivity contribution in [3.8, 4) is 0 Å². The van der Waals surface area contributed by atoms with Gasteiger partial charge in [-0.1, -0.05) is 0 Å². The van der Waals surface area contributed by atoms with Gasteiger partial charge >= 0.3 is 66.6 Å². The molecule has 0 aliphatic rings. The molecule has 104 valence electrons. The molecule has 0 bridgehead atoms. The number of rotatable bonds is 5. The van der Waals surface area contributed by atoms with E-state index in [1.54, 1.807) is 0 Å². The molecule has 0 aromatic carbocycles. The van der Waals surface area contributed by atoms with Crippen LogP contribution in [0, 0.1) is 0 Å². The zero-order chi connectivity index (χ0) is 11.6. The van der Waals surface area contributed by atoms with Gasteiger partial charge in [0.15, 0.2) is 0 Å². The van der Waals surface area contributed by atoms with Crippen LogP contribution in [0.2, 0.25) is 0 Å². The predicted octanol–water partition coefficient (Wildman–Crippen LogP) is -5.81. The summed E-state index contributed by atoms with van der Waals surface area (Å²) in [5.74, 6) is 0. The molecule has 11 N–H and O–H groups in total. The van der Waals surface area contributed by atoms with Gasteiger partial charge in [-0.05, 0) is 13.0 Å². The first-order valence-electron chi connectivity index (χ1n) is 3.60. The zero-order valence-corrected chi connectivity index (χ0v) is 14.1. The van der Waals surface area contributed by atoms with Crippen molar-refractivity contribution in [3.05, 3.63) is 0 Å². The summed E-state index contributed by atoms with van der Waals surface area (Å²) in [4.78, 5) is 34.5. The minimum Gasteiger partial charge on any atom is -1.00 e. The van der Waals surface area contributed by atoms with E-state index < -0.39 is 26.7 Å². The van der Waals surface area contributed by atoms with Crippen LogP contribution in [-0.4, -0.2) is 47.3 Å². The third-order valence-corrected chi connectivity index (χ3v) is 5.53. The molecule has 0 heterocycles. The number of aliphatic hydroxyl groups is 1. The standard InChI is InChI=1S/C4H13NO7P2.K.2H2O.H/c5-3-1-2-4(6,13(7,8)9)14(10,11)12;;;;/h6H,1-3,5H2,(H2,7,8,9)(H2,10,11,12);;2*1H2;/q;+1;;;-1. The van der Waals surface area contributed by atoms with E-state index >= 15 is 0 Å². The Balaban J connectivity index is -0.000000141. The molecule has 0 amide bonds. The quantitative estimate of drug-likeness (QED) is 0.210. The summed E-state index contributed by atoms with van der Waals surface area (Å²) in [6.07, 6.45) is -0.856. The molecule has 0 spiro atoms. The van der Waals surface area contributed by atoms with Crippen LogP contribution in [0.5, 0.6) is 0 Å². The van der Waals surface area contributed by atoms with Crippen molar-refractivity contribution in [1.82, 2.24) is 0 Å². The molecule has 13 heteroatoms. The van der Waals surface area contributed by atoms with Crippen LogP contribution in [0.25, 0.3) is 0 Å². The van der Waals surface area contributed by atoms with Gasteiger partial charge in [0.1, 0.15) is 0 Å². The fourth-order valence-corrected chi connectivity index (χ4v) is 3.06. The SMILES string of the molecule is NCCCC(O)(P(=O)(O)O)P(=O)(O)O.O.O.[H-].[K+]. The maximum Gasteiger partial charge on any atom is 1.00 e. The zero-order valence-electron chi connectivity index (χ0n) is 10.1. The molecular weight excluding hydrogens is 307 g/mol. The minimum atomic E-state index is -5.30. The molecule has 0 atom stereocenters. The van der Waals surface area contributed by atoms with Crippen LogP contribution in [-0.2, 0) is 9.13 Å². The van der Waals surface area contributed by atoms with E-state index in [-0.39, 0.29) is 76.7 Å². The summed E-state index contributed by atoms with van der Waals surface area (Å²) in [5.41, 5.74) is 5.01. The normalized spacial score (nSPS) is 11.9. The Labute approximate surface area is 141 Å². The molecule has 0 saturated carbocycles. The molecule has 0 rings (SSSR count). The monoisotopic (exact) mass is 325 g/mol. The Hall–Kier alpha value is 1.78. The molecule has 0 aromatic rings. The maximum atomic E-state index is 10.7. The second-order valence-corrected chi connectivity index (χ2v) is 6.76. The average Bonchev–Trinajstić information content (AvgIpc) is 1.95. The summed E-state index contributed by atoms with van der Waals surface area (Å²) in [6.45, 7) is -0.0394. The molecule has 0 fully saturated rings. The number of hydrogen-bond acceptors (Lipinski definition) is 4. The van der Waals surface area contributed by atoms with Crippen LogP contribution in [0.3, 0.4) is 0 Å². The first kappa shape index (κ1) is 27.2. The van der Waals surface area contributed by atoms with E-state index in [0.717, 1.165) is 0 Å². The van der Waals surface area contributed by atoms with Gasteiger partial charge in [-0.3, -0.25) is 9.13 Å². The van der Waals surface area contributed by atoms with E-state index in [9.17, 15) is 14.2 Å². The van der Waals surface area contributed by atoms with E-state index in [4.69, 9.17) is 25.3 Å². The fraction of sp³-hybridized carbons (Fsp3) is 1.00. The van der Waals surface area contributed by atoms with Crippen molar-refractivity contribution in [3.63, 3.8) is 0 Å². The van der Waals surface area contributed by atoms with Gasteiger partial charge in [-0.15, -0.1) is 0 Å². The smallest absolute Gasteiger partial charge is 1.00 e. The van der Waals surface area contributed by atoms with Crippen LogP contribution in [0.1, 0.15) is 14.3 Å². The van der Waals surface area contributed by atoms with Gasteiger partial charge in [0.05, 0.1) is 0 Å².